The number of hydrogen-bond acceptors (Lipinski definition) is 4. The Morgan fingerprint density at radius 1 is 1.12 bits per heavy atom. The van der Waals surface area contributed by atoms with Gasteiger partial charge < -0.3 is 9.47 Å². The minimum absolute atomic E-state index is 0.279. The molecule has 0 spiro atoms. The second-order valence-electron chi connectivity index (χ2n) is 5.37. The Morgan fingerprint density at radius 2 is 1.88 bits per heavy atom. The van der Waals surface area contributed by atoms with E-state index in [1.165, 1.54) is 0 Å². The van der Waals surface area contributed by atoms with Gasteiger partial charge in [0.25, 0.3) is 0 Å². The van der Waals surface area contributed by atoms with Crippen LogP contribution in [0.25, 0.3) is 6.08 Å². The third kappa shape index (κ3) is 4.95. The molecule has 0 atom stereocenters. The number of benzene rings is 1. The number of carbonyl (C=O) groups excluding carboxylic acids is 1. The van der Waals surface area contributed by atoms with Crippen molar-refractivity contribution < 1.29 is 14.3 Å². The highest BCUT2D eigenvalue weighted by Crippen LogP contribution is 2.19. The summed E-state index contributed by atoms with van der Waals surface area (Å²) in [5, 5.41) is 0. The van der Waals surface area contributed by atoms with E-state index in [-0.39, 0.29) is 5.97 Å². The quantitative estimate of drug-likeness (QED) is 0.569. The van der Waals surface area contributed by atoms with Gasteiger partial charge in [-0.2, -0.15) is 0 Å². The van der Waals surface area contributed by atoms with Gasteiger partial charge >= 0.3 is 5.97 Å². The number of esters is 1. The summed E-state index contributed by atoms with van der Waals surface area (Å²) in [6, 6.07) is 12.0. The first kappa shape index (κ1) is 17.7. The minimum Gasteiger partial charge on any atom is -0.478 e. The number of ether oxygens (including phenoxy) is 2. The Balaban J connectivity index is 2.10. The Bertz CT molecular complexity index is 705. The third-order valence-electron chi connectivity index (χ3n) is 3.49. The topological polar surface area (TPSA) is 48.4 Å². The Kier molecular flexibility index (Phi) is 6.55. The number of aromatic nitrogens is 1. The zero-order valence-corrected chi connectivity index (χ0v) is 14.4. The third-order valence-corrected chi connectivity index (χ3v) is 3.49. The van der Waals surface area contributed by atoms with Crippen molar-refractivity contribution in [1.82, 2.24) is 4.98 Å². The first-order chi connectivity index (χ1) is 11.6. The summed E-state index contributed by atoms with van der Waals surface area (Å²) in [5.41, 5.74) is 3.79. The lowest BCUT2D eigenvalue weighted by Gasteiger charge is -2.09. The van der Waals surface area contributed by atoms with Crippen molar-refractivity contribution in [2.24, 2.45) is 0 Å². The van der Waals surface area contributed by atoms with Gasteiger partial charge in [0, 0.05) is 23.8 Å². The molecule has 0 unspecified atom stereocenters. The fraction of sp³-hybridized carbons (Fsp3) is 0.300. The normalized spacial score (nSPS) is 11.2. The van der Waals surface area contributed by atoms with E-state index in [1.807, 2.05) is 49.4 Å². The van der Waals surface area contributed by atoms with Crippen LogP contribution in [0.2, 0.25) is 0 Å². The molecule has 0 aliphatic carbocycles. The van der Waals surface area contributed by atoms with Crippen molar-refractivity contribution >= 4 is 12.0 Å². The predicted molar refractivity (Wildman–Crippen MR) is 94.9 cm³/mol. The Morgan fingerprint density at radius 3 is 2.54 bits per heavy atom. The molecule has 0 bridgehead atoms. The second-order valence-corrected chi connectivity index (χ2v) is 5.37. The smallest absolute Gasteiger partial charge is 0.333 e. The molecule has 0 amide bonds. The van der Waals surface area contributed by atoms with Crippen molar-refractivity contribution in [3.8, 4) is 5.88 Å². The van der Waals surface area contributed by atoms with Gasteiger partial charge in [0.2, 0.25) is 5.88 Å². The number of nitrogens with zero attached hydrogens (tertiary/aromatic N) is 1. The predicted octanol–water partition coefficient (Wildman–Crippen LogP) is 4.04. The molecular formula is C20H23NO3. The van der Waals surface area contributed by atoms with E-state index in [2.05, 4.69) is 4.98 Å². The van der Waals surface area contributed by atoms with Gasteiger partial charge in [0.15, 0.2) is 0 Å². The largest absolute Gasteiger partial charge is 0.478 e. The molecule has 126 valence electrons. The first-order valence-corrected chi connectivity index (χ1v) is 8.15. The molecule has 1 aromatic carbocycles. The summed E-state index contributed by atoms with van der Waals surface area (Å²) < 4.78 is 10.5. The average molecular weight is 325 g/mol. The Hall–Kier alpha value is -2.62. The molecule has 0 aliphatic rings. The van der Waals surface area contributed by atoms with Gasteiger partial charge in [-0.15, -0.1) is 0 Å². The van der Waals surface area contributed by atoms with Crippen LogP contribution in [0.5, 0.6) is 5.88 Å². The Labute approximate surface area is 143 Å². The summed E-state index contributed by atoms with van der Waals surface area (Å²) in [6.45, 7) is 6.49. The SMILES string of the molecule is CCOC(=O)/C(C)=C/c1ccc(Cc2cccnc2OCC)cc1. The van der Waals surface area contributed by atoms with E-state index in [1.54, 1.807) is 20.0 Å². The number of pyridine rings is 1. The highest BCUT2D eigenvalue weighted by atomic mass is 16.5. The number of carbonyl (C=O) groups is 1. The minimum atomic E-state index is -0.279. The fourth-order valence-electron chi connectivity index (χ4n) is 2.33. The maximum absolute atomic E-state index is 11.6. The van der Waals surface area contributed by atoms with Gasteiger partial charge in [0.1, 0.15) is 0 Å². The molecule has 0 saturated heterocycles. The molecule has 0 N–H and O–H groups in total. The highest BCUT2D eigenvalue weighted by Gasteiger charge is 2.06. The van der Waals surface area contributed by atoms with Crippen LogP contribution in [0, 0.1) is 0 Å². The number of hydrogen-bond donors (Lipinski definition) is 0. The molecule has 4 heteroatoms. The molecular weight excluding hydrogens is 302 g/mol. The molecule has 0 saturated carbocycles. The van der Waals surface area contributed by atoms with Crippen LogP contribution in [0.15, 0.2) is 48.2 Å². The molecule has 4 nitrogen and oxygen atoms in total. The lowest BCUT2D eigenvalue weighted by molar-refractivity contribution is -0.138. The van der Waals surface area contributed by atoms with Crippen LogP contribution in [0.3, 0.4) is 0 Å². The van der Waals surface area contributed by atoms with E-state index in [9.17, 15) is 4.79 Å². The van der Waals surface area contributed by atoms with Gasteiger partial charge in [-0.25, -0.2) is 9.78 Å². The molecule has 2 rings (SSSR count). The lowest BCUT2D eigenvalue weighted by atomic mass is 10.0. The molecule has 1 heterocycles. The number of rotatable bonds is 7. The zero-order valence-electron chi connectivity index (χ0n) is 14.4. The van der Waals surface area contributed by atoms with E-state index in [0.717, 1.165) is 23.1 Å². The van der Waals surface area contributed by atoms with Crippen molar-refractivity contribution in [3.05, 3.63) is 64.9 Å². The summed E-state index contributed by atoms with van der Waals surface area (Å²) in [5.74, 6) is 0.403. The maximum Gasteiger partial charge on any atom is 0.333 e. The van der Waals surface area contributed by atoms with Crippen LogP contribution in [-0.4, -0.2) is 24.2 Å². The van der Waals surface area contributed by atoms with Crippen LogP contribution < -0.4 is 4.74 Å². The molecule has 1 aromatic heterocycles. The summed E-state index contributed by atoms with van der Waals surface area (Å²) in [6.07, 6.45) is 4.32. The monoisotopic (exact) mass is 325 g/mol. The average Bonchev–Trinajstić information content (AvgIpc) is 2.59. The van der Waals surface area contributed by atoms with Gasteiger partial charge in [-0.1, -0.05) is 30.3 Å². The standard InChI is InChI=1S/C20H23NO3/c1-4-23-19-18(7-6-12-21-19)14-17-10-8-16(9-11-17)13-15(3)20(22)24-5-2/h6-13H,4-5,14H2,1-3H3/b15-13+. The van der Waals surface area contributed by atoms with Crippen LogP contribution in [-0.2, 0) is 16.0 Å². The highest BCUT2D eigenvalue weighted by molar-refractivity contribution is 5.92. The maximum atomic E-state index is 11.6. The van der Waals surface area contributed by atoms with Crippen molar-refractivity contribution in [2.45, 2.75) is 27.2 Å². The van der Waals surface area contributed by atoms with Crippen molar-refractivity contribution in [2.75, 3.05) is 13.2 Å². The zero-order chi connectivity index (χ0) is 17.4. The lowest BCUT2D eigenvalue weighted by Crippen LogP contribution is -2.04. The van der Waals surface area contributed by atoms with Crippen LogP contribution in [0.1, 0.15) is 37.5 Å². The fourth-order valence-corrected chi connectivity index (χ4v) is 2.33. The molecule has 0 fully saturated rings. The molecule has 0 radical (unpaired) electrons. The summed E-state index contributed by atoms with van der Waals surface area (Å²) in [7, 11) is 0. The van der Waals surface area contributed by atoms with E-state index < -0.39 is 0 Å². The second kappa shape index (κ2) is 8.87. The summed E-state index contributed by atoms with van der Waals surface area (Å²) >= 11 is 0. The van der Waals surface area contributed by atoms with Gasteiger partial charge in [-0.3, -0.25) is 0 Å². The summed E-state index contributed by atoms with van der Waals surface area (Å²) in [4.78, 5) is 15.9. The van der Waals surface area contributed by atoms with E-state index >= 15 is 0 Å². The van der Waals surface area contributed by atoms with Crippen molar-refractivity contribution in [1.29, 1.82) is 0 Å². The van der Waals surface area contributed by atoms with Crippen molar-refractivity contribution in [3.63, 3.8) is 0 Å². The van der Waals surface area contributed by atoms with Crippen LogP contribution >= 0.6 is 0 Å². The van der Waals surface area contributed by atoms with Gasteiger partial charge in [-0.05, 0) is 44.0 Å². The molecule has 0 aliphatic heterocycles. The van der Waals surface area contributed by atoms with Crippen LogP contribution in [0.4, 0.5) is 0 Å². The van der Waals surface area contributed by atoms with E-state index in [4.69, 9.17) is 9.47 Å². The first-order valence-electron chi connectivity index (χ1n) is 8.15. The molecule has 2 aromatic rings. The molecule has 24 heavy (non-hydrogen) atoms. The van der Waals surface area contributed by atoms with E-state index in [0.29, 0.717) is 24.7 Å². The van der Waals surface area contributed by atoms with Gasteiger partial charge in [0.05, 0.1) is 13.2 Å².